The van der Waals surface area contributed by atoms with Crippen molar-refractivity contribution in [2.45, 2.75) is 31.8 Å². The molecule has 0 aliphatic carbocycles. The Bertz CT molecular complexity index is 591. The van der Waals surface area contributed by atoms with E-state index in [0.717, 1.165) is 23.8 Å². The lowest BCUT2D eigenvalue weighted by Gasteiger charge is -2.36. The van der Waals surface area contributed by atoms with Crippen LogP contribution in [-0.2, 0) is 0 Å². The minimum Gasteiger partial charge on any atom is -0.382 e. The second-order valence-corrected chi connectivity index (χ2v) is 6.49. The molecule has 0 aromatic heterocycles. The summed E-state index contributed by atoms with van der Waals surface area (Å²) >= 11 is 6.05. The quantitative estimate of drug-likeness (QED) is 0.856. The van der Waals surface area contributed by atoms with Crippen LogP contribution in [0.15, 0.2) is 54.6 Å². The van der Waals surface area contributed by atoms with E-state index in [4.69, 9.17) is 11.6 Å². The largest absolute Gasteiger partial charge is 0.382 e. The van der Waals surface area contributed by atoms with E-state index < -0.39 is 0 Å². The van der Waals surface area contributed by atoms with Gasteiger partial charge in [-0.25, -0.2) is 0 Å². The molecule has 1 saturated heterocycles. The van der Waals surface area contributed by atoms with Gasteiger partial charge in [0.05, 0.1) is 0 Å². The zero-order chi connectivity index (χ0) is 15.4. The van der Waals surface area contributed by atoms with Crippen molar-refractivity contribution in [2.75, 3.05) is 18.4 Å². The third-order valence-electron chi connectivity index (χ3n) is 4.55. The van der Waals surface area contributed by atoms with E-state index in [0.29, 0.717) is 12.1 Å². The maximum Gasteiger partial charge on any atom is 0.0426 e. The van der Waals surface area contributed by atoms with Gasteiger partial charge < -0.3 is 5.32 Å². The Kier molecular flexibility index (Phi) is 5.01. The van der Waals surface area contributed by atoms with Crippen molar-refractivity contribution >= 4 is 17.3 Å². The average Bonchev–Trinajstić information content (AvgIpc) is 2.56. The average molecular weight is 315 g/mol. The lowest BCUT2D eigenvalue weighted by molar-refractivity contribution is 0.167. The highest BCUT2D eigenvalue weighted by atomic mass is 35.5. The van der Waals surface area contributed by atoms with Gasteiger partial charge in [-0.3, -0.25) is 4.90 Å². The van der Waals surface area contributed by atoms with Gasteiger partial charge in [0.25, 0.3) is 0 Å². The van der Waals surface area contributed by atoms with Gasteiger partial charge in [-0.05, 0) is 43.5 Å². The maximum atomic E-state index is 6.05. The highest BCUT2D eigenvalue weighted by Gasteiger charge is 2.23. The summed E-state index contributed by atoms with van der Waals surface area (Å²) in [5, 5.41) is 4.40. The number of likely N-dealkylation sites (tertiary alicyclic amines) is 1. The molecule has 1 aliphatic rings. The molecule has 0 saturated carbocycles. The number of hydrogen-bond acceptors (Lipinski definition) is 2. The van der Waals surface area contributed by atoms with Gasteiger partial charge in [-0.15, -0.1) is 0 Å². The van der Waals surface area contributed by atoms with Crippen molar-refractivity contribution in [2.24, 2.45) is 0 Å². The zero-order valence-electron chi connectivity index (χ0n) is 13.0. The zero-order valence-corrected chi connectivity index (χ0v) is 13.8. The molecule has 2 aromatic carbocycles. The Labute approximate surface area is 138 Å². The molecule has 0 spiro atoms. The number of piperidine rings is 1. The van der Waals surface area contributed by atoms with Gasteiger partial charge in [-0.2, -0.15) is 0 Å². The fraction of sp³-hybridized carbons (Fsp3) is 0.368. The predicted octanol–water partition coefficient (Wildman–Crippen LogP) is 4.98. The number of halogens is 1. The van der Waals surface area contributed by atoms with Crippen LogP contribution < -0.4 is 5.32 Å². The molecule has 1 N–H and O–H groups in total. The van der Waals surface area contributed by atoms with Gasteiger partial charge in [0.15, 0.2) is 0 Å². The molecule has 3 rings (SSSR count). The van der Waals surface area contributed by atoms with Crippen LogP contribution in [0.5, 0.6) is 0 Å². The van der Waals surface area contributed by atoms with Crippen molar-refractivity contribution < 1.29 is 0 Å². The standard InChI is InChI=1S/C19H23ClN2/c1-15(16-6-3-2-4-7-16)22-12-10-18(11-13-22)21-19-9-5-8-17(20)14-19/h2-9,14-15,18,21H,10-13H2,1H3. The summed E-state index contributed by atoms with van der Waals surface area (Å²) in [5.74, 6) is 0. The molecule has 1 atom stereocenters. The summed E-state index contributed by atoms with van der Waals surface area (Å²) in [4.78, 5) is 2.57. The first kappa shape index (κ1) is 15.4. The Morgan fingerprint density at radius 3 is 2.45 bits per heavy atom. The first-order valence-electron chi connectivity index (χ1n) is 8.03. The third kappa shape index (κ3) is 3.82. The summed E-state index contributed by atoms with van der Waals surface area (Å²) in [5.41, 5.74) is 2.53. The van der Waals surface area contributed by atoms with E-state index >= 15 is 0 Å². The molecule has 1 fully saturated rings. The number of anilines is 1. The minimum absolute atomic E-state index is 0.494. The third-order valence-corrected chi connectivity index (χ3v) is 4.79. The highest BCUT2D eigenvalue weighted by molar-refractivity contribution is 6.30. The minimum atomic E-state index is 0.494. The Morgan fingerprint density at radius 2 is 1.77 bits per heavy atom. The molecule has 0 bridgehead atoms. The molecule has 0 amide bonds. The summed E-state index contributed by atoms with van der Waals surface area (Å²) < 4.78 is 0. The molecule has 22 heavy (non-hydrogen) atoms. The molecular formula is C19H23ClN2. The Balaban J connectivity index is 1.54. The second-order valence-electron chi connectivity index (χ2n) is 6.05. The van der Waals surface area contributed by atoms with Crippen LogP contribution in [-0.4, -0.2) is 24.0 Å². The topological polar surface area (TPSA) is 15.3 Å². The fourth-order valence-corrected chi connectivity index (χ4v) is 3.38. The second kappa shape index (κ2) is 7.17. The summed E-state index contributed by atoms with van der Waals surface area (Å²) in [6, 6.07) is 19.8. The van der Waals surface area contributed by atoms with Crippen molar-refractivity contribution in [3.05, 3.63) is 65.2 Å². The van der Waals surface area contributed by atoms with Crippen LogP contribution >= 0.6 is 11.6 Å². The van der Waals surface area contributed by atoms with E-state index in [9.17, 15) is 0 Å². The molecule has 2 aromatic rings. The molecule has 116 valence electrons. The van der Waals surface area contributed by atoms with E-state index in [1.54, 1.807) is 0 Å². The summed E-state index contributed by atoms with van der Waals surface area (Å²) in [6.07, 6.45) is 2.34. The smallest absolute Gasteiger partial charge is 0.0426 e. The van der Waals surface area contributed by atoms with Gasteiger partial charge in [0.2, 0.25) is 0 Å². The first-order chi connectivity index (χ1) is 10.7. The van der Waals surface area contributed by atoms with Crippen molar-refractivity contribution in [1.82, 2.24) is 4.90 Å². The molecule has 1 aliphatic heterocycles. The normalized spacial score (nSPS) is 18.1. The predicted molar refractivity (Wildman–Crippen MR) is 94.5 cm³/mol. The van der Waals surface area contributed by atoms with E-state index in [1.807, 2.05) is 18.2 Å². The van der Waals surface area contributed by atoms with E-state index in [1.165, 1.54) is 18.4 Å². The Morgan fingerprint density at radius 1 is 1.05 bits per heavy atom. The monoisotopic (exact) mass is 314 g/mol. The number of nitrogens with zero attached hydrogens (tertiary/aromatic N) is 1. The number of rotatable bonds is 4. The molecular weight excluding hydrogens is 292 g/mol. The lowest BCUT2D eigenvalue weighted by Crippen LogP contribution is -2.40. The van der Waals surface area contributed by atoms with Crippen LogP contribution in [0.4, 0.5) is 5.69 Å². The molecule has 0 radical (unpaired) electrons. The van der Waals surface area contributed by atoms with Crippen LogP contribution in [0, 0.1) is 0 Å². The molecule has 1 heterocycles. The molecule has 1 unspecified atom stereocenters. The van der Waals surface area contributed by atoms with E-state index in [2.05, 4.69) is 53.5 Å². The van der Waals surface area contributed by atoms with Gasteiger partial charge >= 0.3 is 0 Å². The molecule has 3 heteroatoms. The van der Waals surface area contributed by atoms with Crippen molar-refractivity contribution in [1.29, 1.82) is 0 Å². The fourth-order valence-electron chi connectivity index (χ4n) is 3.19. The first-order valence-corrected chi connectivity index (χ1v) is 8.41. The lowest BCUT2D eigenvalue weighted by atomic mass is 10.00. The number of hydrogen-bond donors (Lipinski definition) is 1. The maximum absolute atomic E-state index is 6.05. The van der Waals surface area contributed by atoms with Crippen molar-refractivity contribution in [3.63, 3.8) is 0 Å². The van der Waals surface area contributed by atoms with Crippen molar-refractivity contribution in [3.8, 4) is 0 Å². The highest BCUT2D eigenvalue weighted by Crippen LogP contribution is 2.25. The Hall–Kier alpha value is -1.51. The van der Waals surface area contributed by atoms with Gasteiger partial charge in [-0.1, -0.05) is 48.0 Å². The summed E-state index contributed by atoms with van der Waals surface area (Å²) in [7, 11) is 0. The SMILES string of the molecule is CC(c1ccccc1)N1CCC(Nc2cccc(Cl)c2)CC1. The van der Waals surface area contributed by atoms with Crippen LogP contribution in [0.3, 0.4) is 0 Å². The molecule has 2 nitrogen and oxygen atoms in total. The van der Waals surface area contributed by atoms with Crippen LogP contribution in [0.1, 0.15) is 31.4 Å². The van der Waals surface area contributed by atoms with Crippen LogP contribution in [0.2, 0.25) is 5.02 Å². The van der Waals surface area contributed by atoms with Gasteiger partial charge in [0, 0.05) is 35.9 Å². The number of benzene rings is 2. The number of nitrogens with one attached hydrogen (secondary N) is 1. The van der Waals surface area contributed by atoms with E-state index in [-0.39, 0.29) is 0 Å². The van der Waals surface area contributed by atoms with Crippen LogP contribution in [0.25, 0.3) is 0 Å². The summed E-state index contributed by atoms with van der Waals surface area (Å²) in [6.45, 7) is 4.57. The van der Waals surface area contributed by atoms with Gasteiger partial charge in [0.1, 0.15) is 0 Å².